The van der Waals surface area contributed by atoms with E-state index in [-0.39, 0.29) is 26.2 Å². The van der Waals surface area contributed by atoms with Gasteiger partial charge in [0, 0.05) is 6.04 Å². The van der Waals surface area contributed by atoms with Crippen molar-refractivity contribution in [1.82, 2.24) is 10.2 Å². The number of hydrogen-bond donors (Lipinski definition) is 1. The van der Waals surface area contributed by atoms with Crippen LogP contribution in [-0.2, 0) is 19.2 Å². The molecule has 0 bridgehead atoms. The summed E-state index contributed by atoms with van der Waals surface area (Å²) >= 11 is 22.2. The van der Waals surface area contributed by atoms with Crippen LogP contribution in [0.15, 0.2) is 20.1 Å². The molecular weight excluding hydrogens is 522 g/mol. The van der Waals surface area contributed by atoms with Crippen LogP contribution in [0.1, 0.15) is 97.3 Å². The quantitative estimate of drug-likeness (QED) is 0.187. The molecule has 0 fully saturated rings. The van der Waals surface area contributed by atoms with Crippen LogP contribution < -0.4 is 5.32 Å². The van der Waals surface area contributed by atoms with Gasteiger partial charge >= 0.3 is 0 Å². The molecule has 192 valence electrons. The number of imide groups is 2. The molecule has 0 aromatic rings. The van der Waals surface area contributed by atoms with Gasteiger partial charge in [-0.15, -0.1) is 0 Å². The van der Waals surface area contributed by atoms with Gasteiger partial charge in [0.15, 0.2) is 0 Å². The van der Waals surface area contributed by atoms with Crippen LogP contribution >= 0.6 is 46.4 Å². The predicted molar refractivity (Wildman–Crippen MR) is 138 cm³/mol. The third-order valence-electron chi connectivity index (χ3n) is 5.72. The topological polar surface area (TPSA) is 83.6 Å². The minimum absolute atomic E-state index is 0.0726. The molecule has 10 heteroatoms. The van der Waals surface area contributed by atoms with Gasteiger partial charge in [-0.05, 0) is 12.8 Å². The highest BCUT2D eigenvalue weighted by Crippen LogP contribution is 2.31. The third kappa shape index (κ3) is 9.52. The van der Waals surface area contributed by atoms with Gasteiger partial charge in [0.2, 0.25) is 0 Å². The van der Waals surface area contributed by atoms with Crippen molar-refractivity contribution in [3.63, 3.8) is 0 Å². The maximum absolute atomic E-state index is 12.3. The van der Waals surface area contributed by atoms with Gasteiger partial charge in [-0.1, -0.05) is 131 Å². The maximum atomic E-state index is 12.3. The lowest BCUT2D eigenvalue weighted by atomic mass is 9.99. The molecule has 2 heterocycles. The Balaban J connectivity index is 0.000000533. The summed E-state index contributed by atoms with van der Waals surface area (Å²) in [5, 5.41) is 1.19. The van der Waals surface area contributed by atoms with Crippen molar-refractivity contribution in [2.45, 2.75) is 103 Å². The van der Waals surface area contributed by atoms with E-state index >= 15 is 0 Å². The number of nitrogens with one attached hydrogen (secondary N) is 1. The molecule has 0 aromatic heterocycles. The first-order chi connectivity index (χ1) is 16.2. The van der Waals surface area contributed by atoms with Gasteiger partial charge in [-0.3, -0.25) is 29.4 Å². The molecule has 2 aliphatic rings. The van der Waals surface area contributed by atoms with E-state index in [0.717, 1.165) is 44.9 Å². The van der Waals surface area contributed by atoms with Crippen LogP contribution in [0, 0.1) is 0 Å². The van der Waals surface area contributed by atoms with Gasteiger partial charge in [-0.25, -0.2) is 0 Å². The average Bonchev–Trinajstić information content (AvgIpc) is 3.15. The Kier molecular flexibility index (Phi) is 15.1. The summed E-state index contributed by atoms with van der Waals surface area (Å²) in [4.78, 5) is 46.6. The Morgan fingerprint density at radius 1 is 0.588 bits per heavy atom. The molecule has 0 aliphatic carbocycles. The molecule has 1 atom stereocenters. The molecule has 34 heavy (non-hydrogen) atoms. The van der Waals surface area contributed by atoms with Crippen molar-refractivity contribution in [3.8, 4) is 0 Å². The second-order valence-corrected chi connectivity index (χ2v) is 9.94. The number of unbranched alkanes of at least 4 members (excludes halogenated alkanes) is 9. The van der Waals surface area contributed by atoms with Crippen LogP contribution in [0.4, 0.5) is 0 Å². The molecule has 1 unspecified atom stereocenters. The fourth-order valence-corrected chi connectivity index (χ4v) is 4.39. The molecular formula is C24H34Cl4N2O4. The van der Waals surface area contributed by atoms with Crippen molar-refractivity contribution in [1.29, 1.82) is 0 Å². The third-order valence-corrected chi connectivity index (χ3v) is 7.34. The van der Waals surface area contributed by atoms with E-state index in [4.69, 9.17) is 46.4 Å². The van der Waals surface area contributed by atoms with Crippen LogP contribution in [0.5, 0.6) is 0 Å². The summed E-state index contributed by atoms with van der Waals surface area (Å²) in [6, 6.07) is -0.0726. The molecule has 2 aliphatic heterocycles. The summed E-state index contributed by atoms with van der Waals surface area (Å²) in [5.74, 6) is -2.10. The zero-order chi connectivity index (χ0) is 25.7. The normalized spacial score (nSPS) is 16.9. The molecule has 1 N–H and O–H groups in total. The number of carbonyl (C=O) groups excluding carboxylic acids is 4. The van der Waals surface area contributed by atoms with E-state index in [1.165, 1.54) is 43.4 Å². The van der Waals surface area contributed by atoms with Crippen LogP contribution in [0.3, 0.4) is 0 Å². The number of nitrogens with zero attached hydrogens (tertiary/aromatic N) is 1. The van der Waals surface area contributed by atoms with Gasteiger partial charge in [-0.2, -0.15) is 0 Å². The highest BCUT2D eigenvalue weighted by molar-refractivity contribution is 6.58. The molecule has 0 saturated heterocycles. The maximum Gasteiger partial charge on any atom is 0.274 e. The molecule has 0 spiro atoms. The standard InChI is InChI=1S/C20H33Cl2NO2.C4HCl2NO2/c1-3-5-7-8-9-10-11-13-15-16(14-12-6-4-2)23-19(24)17(21)18(22)20(23)25;5-1-2(6)4(9)7-3(1)8/h16H,3-15H2,1-2H3;(H,7,8,9). The van der Waals surface area contributed by atoms with Crippen LogP contribution in [0.25, 0.3) is 0 Å². The number of halogens is 4. The first-order valence-electron chi connectivity index (χ1n) is 12.0. The molecule has 0 radical (unpaired) electrons. The lowest BCUT2D eigenvalue weighted by Gasteiger charge is -2.26. The Morgan fingerprint density at radius 3 is 1.32 bits per heavy atom. The molecule has 4 amide bonds. The van der Waals surface area contributed by atoms with Gasteiger partial charge in [0.25, 0.3) is 23.6 Å². The highest BCUT2D eigenvalue weighted by atomic mass is 35.5. The van der Waals surface area contributed by atoms with E-state index in [1.807, 2.05) is 5.32 Å². The van der Waals surface area contributed by atoms with Crippen molar-refractivity contribution < 1.29 is 19.2 Å². The summed E-state index contributed by atoms with van der Waals surface area (Å²) in [7, 11) is 0. The summed E-state index contributed by atoms with van der Waals surface area (Å²) in [6.07, 6.45) is 14.9. The molecule has 0 aromatic carbocycles. The zero-order valence-corrected chi connectivity index (χ0v) is 22.9. The fraction of sp³-hybridized carbons (Fsp3) is 0.667. The van der Waals surface area contributed by atoms with E-state index in [2.05, 4.69) is 13.8 Å². The highest BCUT2D eigenvalue weighted by Gasteiger charge is 2.40. The molecule has 6 nitrogen and oxygen atoms in total. The average molecular weight is 556 g/mol. The Labute approximate surface area is 222 Å². The number of hydrogen-bond acceptors (Lipinski definition) is 4. The number of carbonyl (C=O) groups is 4. The zero-order valence-electron chi connectivity index (χ0n) is 19.9. The summed E-state index contributed by atoms with van der Waals surface area (Å²) in [6.45, 7) is 4.38. The van der Waals surface area contributed by atoms with Crippen LogP contribution in [-0.4, -0.2) is 34.6 Å². The largest absolute Gasteiger partial charge is 0.287 e. The Bertz CT molecular complexity index is 765. The van der Waals surface area contributed by atoms with E-state index in [9.17, 15) is 19.2 Å². The summed E-state index contributed by atoms with van der Waals surface area (Å²) in [5.41, 5.74) is 0. The van der Waals surface area contributed by atoms with Crippen molar-refractivity contribution in [3.05, 3.63) is 20.1 Å². The fourth-order valence-electron chi connectivity index (χ4n) is 3.78. The number of amides is 4. The van der Waals surface area contributed by atoms with Crippen LogP contribution in [0.2, 0.25) is 0 Å². The second kappa shape index (κ2) is 16.6. The Hall–Kier alpha value is -1.08. The summed E-state index contributed by atoms with van der Waals surface area (Å²) < 4.78 is 0. The van der Waals surface area contributed by atoms with E-state index in [1.54, 1.807) is 0 Å². The smallest absolute Gasteiger partial charge is 0.274 e. The SMILES string of the molecule is CCCCCCCCCCC(CCCCC)N1C(=O)C(Cl)=C(Cl)C1=O.O=C1NC(=O)C(Cl)=C1Cl. The first-order valence-corrected chi connectivity index (χ1v) is 13.5. The van der Waals surface area contributed by atoms with Gasteiger partial charge < -0.3 is 0 Å². The first kappa shape index (κ1) is 31.0. The van der Waals surface area contributed by atoms with Gasteiger partial charge in [0.05, 0.1) is 0 Å². The van der Waals surface area contributed by atoms with Crippen molar-refractivity contribution in [2.24, 2.45) is 0 Å². The minimum atomic E-state index is -0.633. The van der Waals surface area contributed by atoms with Crippen molar-refractivity contribution in [2.75, 3.05) is 0 Å². The predicted octanol–water partition coefficient (Wildman–Crippen LogP) is 6.86. The second-order valence-electron chi connectivity index (χ2n) is 8.43. The minimum Gasteiger partial charge on any atom is -0.287 e. The van der Waals surface area contributed by atoms with Crippen molar-refractivity contribution >= 4 is 70.0 Å². The van der Waals surface area contributed by atoms with E-state index < -0.39 is 23.6 Å². The van der Waals surface area contributed by atoms with Gasteiger partial charge in [0.1, 0.15) is 20.1 Å². The number of rotatable bonds is 14. The van der Waals surface area contributed by atoms with E-state index in [0.29, 0.717) is 0 Å². The molecule has 0 saturated carbocycles. The molecule has 2 rings (SSSR count). The lowest BCUT2D eigenvalue weighted by Crippen LogP contribution is -2.40. The monoisotopic (exact) mass is 554 g/mol. The lowest BCUT2D eigenvalue weighted by molar-refractivity contribution is -0.140. The Morgan fingerprint density at radius 2 is 0.941 bits per heavy atom.